The zero-order valence-corrected chi connectivity index (χ0v) is 11.7. The van der Waals surface area contributed by atoms with Gasteiger partial charge in [0, 0.05) is 13.6 Å². The van der Waals surface area contributed by atoms with Crippen molar-refractivity contribution in [3.63, 3.8) is 0 Å². The molecule has 0 bridgehead atoms. The van der Waals surface area contributed by atoms with Gasteiger partial charge < -0.3 is 5.11 Å². The van der Waals surface area contributed by atoms with Crippen LogP contribution in [0, 0.1) is 11.7 Å². The van der Waals surface area contributed by atoms with Gasteiger partial charge in [-0.15, -0.1) is 0 Å². The van der Waals surface area contributed by atoms with Crippen molar-refractivity contribution in [3.05, 3.63) is 29.6 Å². The van der Waals surface area contributed by atoms with E-state index in [0.29, 0.717) is 0 Å². The van der Waals surface area contributed by atoms with Gasteiger partial charge in [-0.2, -0.15) is 0 Å². The van der Waals surface area contributed by atoms with Gasteiger partial charge in [-0.25, -0.2) is 21.9 Å². The van der Waals surface area contributed by atoms with Gasteiger partial charge >= 0.3 is 5.97 Å². The van der Waals surface area contributed by atoms with Gasteiger partial charge in [0.1, 0.15) is 10.7 Å². The van der Waals surface area contributed by atoms with Gasteiger partial charge in [0.05, 0.1) is 5.56 Å². The molecular weight excluding hydrogens is 273 g/mol. The minimum absolute atomic E-state index is 0.0745. The van der Waals surface area contributed by atoms with Gasteiger partial charge in [-0.1, -0.05) is 13.8 Å². The van der Waals surface area contributed by atoms with Crippen molar-refractivity contribution in [2.45, 2.75) is 18.7 Å². The molecule has 5 nitrogen and oxygen atoms in total. The molecule has 1 rings (SSSR count). The van der Waals surface area contributed by atoms with Crippen LogP contribution in [0.15, 0.2) is 23.1 Å². The first-order valence-electron chi connectivity index (χ1n) is 5.65. The van der Waals surface area contributed by atoms with Crippen LogP contribution < -0.4 is 0 Å². The fraction of sp³-hybridized carbons (Fsp3) is 0.417. The molecule has 0 saturated carbocycles. The smallest absolute Gasteiger partial charge is 0.335 e. The SMILES string of the molecule is CC(C)CN(C)S(=O)(=O)c1cc(C(=O)O)ccc1F. The van der Waals surface area contributed by atoms with Crippen LogP contribution in [0.3, 0.4) is 0 Å². The van der Waals surface area contributed by atoms with E-state index in [-0.39, 0.29) is 18.0 Å². The predicted octanol–water partition coefficient (Wildman–Crippen LogP) is 1.80. The molecule has 106 valence electrons. The highest BCUT2D eigenvalue weighted by molar-refractivity contribution is 7.89. The van der Waals surface area contributed by atoms with Crippen molar-refractivity contribution in [3.8, 4) is 0 Å². The summed E-state index contributed by atoms with van der Waals surface area (Å²) >= 11 is 0. The molecule has 1 N–H and O–H groups in total. The molecule has 0 fully saturated rings. The molecule has 0 aliphatic rings. The number of rotatable bonds is 5. The van der Waals surface area contributed by atoms with E-state index in [9.17, 15) is 17.6 Å². The van der Waals surface area contributed by atoms with Crippen LogP contribution in [0.25, 0.3) is 0 Å². The number of hydrogen-bond acceptors (Lipinski definition) is 3. The zero-order valence-electron chi connectivity index (χ0n) is 10.9. The minimum Gasteiger partial charge on any atom is -0.478 e. The minimum atomic E-state index is -4.03. The third-order valence-corrected chi connectivity index (χ3v) is 4.33. The van der Waals surface area contributed by atoms with Gasteiger partial charge in [-0.05, 0) is 24.1 Å². The van der Waals surface area contributed by atoms with Crippen molar-refractivity contribution in [1.29, 1.82) is 0 Å². The average molecular weight is 289 g/mol. The number of hydrogen-bond donors (Lipinski definition) is 1. The van der Waals surface area contributed by atoms with E-state index in [1.54, 1.807) is 0 Å². The van der Waals surface area contributed by atoms with E-state index < -0.39 is 26.7 Å². The molecule has 0 radical (unpaired) electrons. The molecule has 0 saturated heterocycles. The molecule has 1 aromatic carbocycles. The van der Waals surface area contributed by atoms with Crippen LogP contribution in [-0.4, -0.2) is 37.4 Å². The Hall–Kier alpha value is -1.47. The Morgan fingerprint density at radius 3 is 2.47 bits per heavy atom. The molecule has 1 aromatic rings. The largest absolute Gasteiger partial charge is 0.478 e. The summed E-state index contributed by atoms with van der Waals surface area (Å²) < 4.78 is 39.0. The standard InChI is InChI=1S/C12H16FNO4S/c1-8(2)7-14(3)19(17,18)11-6-9(12(15)16)4-5-10(11)13/h4-6,8H,7H2,1-3H3,(H,15,16). The molecule has 0 unspecified atom stereocenters. The molecule has 0 heterocycles. The Labute approximate surface area is 111 Å². The Bertz CT molecular complexity index is 583. The molecule has 0 aliphatic carbocycles. The van der Waals surface area contributed by atoms with Gasteiger partial charge in [0.2, 0.25) is 10.0 Å². The second-order valence-corrected chi connectivity index (χ2v) is 6.64. The molecule has 0 spiro atoms. The van der Waals surface area contributed by atoms with Gasteiger partial charge in [0.25, 0.3) is 0 Å². The summed E-state index contributed by atoms with van der Waals surface area (Å²) in [5.41, 5.74) is -0.266. The summed E-state index contributed by atoms with van der Waals surface area (Å²) in [6.07, 6.45) is 0. The van der Waals surface area contributed by atoms with Crippen LogP contribution in [0.1, 0.15) is 24.2 Å². The summed E-state index contributed by atoms with van der Waals surface area (Å²) in [5, 5.41) is 8.82. The Balaban J connectivity index is 3.28. The first kappa shape index (κ1) is 15.6. The van der Waals surface area contributed by atoms with E-state index in [2.05, 4.69) is 0 Å². The monoisotopic (exact) mass is 289 g/mol. The van der Waals surface area contributed by atoms with Crippen LogP contribution in [0.5, 0.6) is 0 Å². The van der Waals surface area contributed by atoms with E-state index in [1.807, 2.05) is 13.8 Å². The quantitative estimate of drug-likeness (QED) is 0.897. The molecule has 0 aliphatic heterocycles. The Morgan fingerprint density at radius 2 is 2.00 bits per heavy atom. The first-order valence-corrected chi connectivity index (χ1v) is 7.09. The lowest BCUT2D eigenvalue weighted by Crippen LogP contribution is -2.31. The molecular formula is C12H16FNO4S. The summed E-state index contributed by atoms with van der Waals surface area (Å²) in [6.45, 7) is 3.88. The summed E-state index contributed by atoms with van der Waals surface area (Å²) in [5.74, 6) is -2.19. The first-order chi connectivity index (χ1) is 8.66. The summed E-state index contributed by atoms with van der Waals surface area (Å²) in [7, 11) is -2.69. The third-order valence-electron chi connectivity index (χ3n) is 2.49. The number of carbonyl (C=O) groups is 1. The Kier molecular flexibility index (Phi) is 4.65. The van der Waals surface area contributed by atoms with Crippen molar-refractivity contribution in [2.24, 2.45) is 5.92 Å². The van der Waals surface area contributed by atoms with E-state index >= 15 is 0 Å². The average Bonchev–Trinajstić information content (AvgIpc) is 2.27. The van der Waals surface area contributed by atoms with Gasteiger partial charge in [-0.3, -0.25) is 0 Å². The molecule has 0 atom stereocenters. The predicted molar refractivity (Wildman–Crippen MR) is 68.0 cm³/mol. The maximum absolute atomic E-state index is 13.6. The number of benzene rings is 1. The number of carboxylic acids is 1. The highest BCUT2D eigenvalue weighted by atomic mass is 32.2. The number of halogens is 1. The highest BCUT2D eigenvalue weighted by Gasteiger charge is 2.26. The number of aromatic carboxylic acids is 1. The number of carboxylic acid groups (broad SMARTS) is 1. The van der Waals surface area contributed by atoms with Crippen molar-refractivity contribution in [2.75, 3.05) is 13.6 Å². The normalized spacial score (nSPS) is 12.1. The van der Waals surface area contributed by atoms with Crippen molar-refractivity contribution in [1.82, 2.24) is 4.31 Å². The lowest BCUT2D eigenvalue weighted by Gasteiger charge is -2.19. The fourth-order valence-electron chi connectivity index (χ4n) is 1.61. The number of nitrogens with zero attached hydrogens (tertiary/aromatic N) is 1. The van der Waals surface area contributed by atoms with Crippen molar-refractivity contribution < 1.29 is 22.7 Å². The van der Waals surface area contributed by atoms with Crippen LogP contribution >= 0.6 is 0 Å². The second-order valence-electron chi connectivity index (χ2n) is 4.63. The molecule has 19 heavy (non-hydrogen) atoms. The zero-order chi connectivity index (χ0) is 14.8. The third kappa shape index (κ3) is 3.51. The summed E-state index contributed by atoms with van der Waals surface area (Å²) in [4.78, 5) is 10.2. The van der Waals surface area contributed by atoms with Gasteiger partial charge in [0.15, 0.2) is 0 Å². The summed E-state index contributed by atoms with van der Waals surface area (Å²) in [6, 6.07) is 2.71. The molecule has 0 amide bonds. The molecule has 7 heteroatoms. The fourth-order valence-corrected chi connectivity index (χ4v) is 3.03. The van der Waals surface area contributed by atoms with Crippen LogP contribution in [0.2, 0.25) is 0 Å². The van der Waals surface area contributed by atoms with E-state index in [4.69, 9.17) is 5.11 Å². The maximum Gasteiger partial charge on any atom is 0.335 e. The molecule has 0 aromatic heterocycles. The van der Waals surface area contributed by atoms with Crippen molar-refractivity contribution >= 4 is 16.0 Å². The lowest BCUT2D eigenvalue weighted by atomic mass is 10.2. The van der Waals surface area contributed by atoms with Crippen LogP contribution in [0.4, 0.5) is 4.39 Å². The lowest BCUT2D eigenvalue weighted by molar-refractivity contribution is 0.0696. The van der Waals surface area contributed by atoms with E-state index in [1.165, 1.54) is 7.05 Å². The van der Waals surface area contributed by atoms with Crippen LogP contribution in [-0.2, 0) is 10.0 Å². The number of sulfonamides is 1. The Morgan fingerprint density at radius 1 is 1.42 bits per heavy atom. The highest BCUT2D eigenvalue weighted by Crippen LogP contribution is 2.20. The topological polar surface area (TPSA) is 74.7 Å². The second kappa shape index (κ2) is 5.66. The van der Waals surface area contributed by atoms with E-state index in [0.717, 1.165) is 22.5 Å². The maximum atomic E-state index is 13.6.